The monoisotopic (exact) mass is 330 g/mol. The summed E-state index contributed by atoms with van der Waals surface area (Å²) in [7, 11) is -2.46. The Balaban J connectivity index is 0. The van der Waals surface area contributed by atoms with Gasteiger partial charge in [-0.15, -0.1) is 12.4 Å². The van der Waals surface area contributed by atoms with Crippen molar-refractivity contribution in [1.82, 2.24) is 5.32 Å². The molecule has 0 fully saturated rings. The van der Waals surface area contributed by atoms with Gasteiger partial charge in [-0.05, 0) is 12.3 Å². The number of methoxy groups -OCH3 is 1. The lowest BCUT2D eigenvalue weighted by Gasteiger charge is -2.25. The maximum Gasteiger partial charge on any atom is 0.306 e. The lowest BCUT2D eigenvalue weighted by Crippen LogP contribution is -2.40. The highest BCUT2D eigenvalue weighted by Gasteiger charge is 2.33. The Kier molecular flexibility index (Phi) is 11.0. The van der Waals surface area contributed by atoms with Gasteiger partial charge in [0.05, 0.1) is 20.1 Å². The summed E-state index contributed by atoms with van der Waals surface area (Å²) in [5, 5.41) is 2.45. The smallest absolute Gasteiger partial charge is 0.306 e. The molecule has 0 rings (SSSR count). The van der Waals surface area contributed by atoms with Crippen molar-refractivity contribution in [3.8, 4) is 0 Å². The third-order valence-corrected chi connectivity index (χ3v) is 4.74. The number of nitrogens with two attached hydrogens (primary N) is 1. The van der Waals surface area contributed by atoms with Crippen molar-refractivity contribution < 1.29 is 23.8 Å². The standard InChI is InChI=1S/C11H23N2O5P.ClH/c1-8(2)6-10(13-9(14)7-12)19(16,17)5-4-11(15)18-3;/h8,10H,4-7,12H2,1-3H3,(H,13,14)(H,16,17);1H. The van der Waals surface area contributed by atoms with E-state index in [1.54, 1.807) is 0 Å². The quantitative estimate of drug-likeness (QED) is 0.445. The summed E-state index contributed by atoms with van der Waals surface area (Å²) < 4.78 is 16.6. The number of rotatable bonds is 8. The molecule has 0 aliphatic rings. The number of hydrogen-bond donors (Lipinski definition) is 3. The summed E-state index contributed by atoms with van der Waals surface area (Å²) >= 11 is 0. The van der Waals surface area contributed by atoms with Crippen molar-refractivity contribution in [3.63, 3.8) is 0 Å². The van der Waals surface area contributed by atoms with Crippen LogP contribution in [0.2, 0.25) is 0 Å². The molecule has 9 heteroatoms. The predicted octanol–water partition coefficient (Wildman–Crippen LogP) is 0.689. The second kappa shape index (κ2) is 10.2. The third-order valence-electron chi connectivity index (χ3n) is 2.56. The fraction of sp³-hybridized carbons (Fsp3) is 0.818. The van der Waals surface area contributed by atoms with Crippen LogP contribution in [0.15, 0.2) is 0 Å². The van der Waals surface area contributed by atoms with E-state index in [-0.39, 0.29) is 37.5 Å². The highest BCUT2D eigenvalue weighted by molar-refractivity contribution is 7.58. The van der Waals surface area contributed by atoms with Gasteiger partial charge in [0.25, 0.3) is 0 Å². The van der Waals surface area contributed by atoms with Gasteiger partial charge in [0.1, 0.15) is 5.78 Å². The van der Waals surface area contributed by atoms with Gasteiger partial charge in [0, 0.05) is 6.16 Å². The first-order valence-electron chi connectivity index (χ1n) is 6.10. The summed E-state index contributed by atoms with van der Waals surface area (Å²) in [6.45, 7) is 3.51. The number of ether oxygens (including phenoxy) is 1. The second-order valence-corrected chi connectivity index (χ2v) is 7.30. The number of hydrogen-bond acceptors (Lipinski definition) is 5. The van der Waals surface area contributed by atoms with Crippen LogP contribution in [0.3, 0.4) is 0 Å². The molecule has 0 saturated carbocycles. The summed E-state index contributed by atoms with van der Waals surface area (Å²) in [5.41, 5.74) is 5.18. The zero-order valence-corrected chi connectivity index (χ0v) is 13.7. The van der Waals surface area contributed by atoms with Gasteiger partial charge >= 0.3 is 5.97 Å². The van der Waals surface area contributed by atoms with Crippen molar-refractivity contribution in [2.45, 2.75) is 32.5 Å². The van der Waals surface area contributed by atoms with E-state index in [9.17, 15) is 19.0 Å². The maximum atomic E-state index is 12.2. The molecule has 2 atom stereocenters. The molecule has 0 aromatic carbocycles. The number of carbonyl (C=O) groups excluding carboxylic acids is 2. The second-order valence-electron chi connectivity index (χ2n) is 4.72. The summed E-state index contributed by atoms with van der Waals surface area (Å²) in [6.07, 6.45) is -0.0278. The molecule has 0 aromatic heterocycles. The van der Waals surface area contributed by atoms with Crippen LogP contribution in [-0.2, 0) is 18.9 Å². The predicted molar refractivity (Wildman–Crippen MR) is 79.0 cm³/mol. The molecule has 0 bridgehead atoms. The molecular weight excluding hydrogens is 307 g/mol. The Morgan fingerprint density at radius 1 is 1.40 bits per heavy atom. The van der Waals surface area contributed by atoms with Crippen molar-refractivity contribution in [2.24, 2.45) is 11.7 Å². The zero-order chi connectivity index (χ0) is 15.1. The molecule has 2 unspecified atom stereocenters. The summed E-state index contributed by atoms with van der Waals surface area (Å²) in [6, 6.07) is 0. The molecule has 20 heavy (non-hydrogen) atoms. The van der Waals surface area contributed by atoms with Crippen LogP contribution in [0.4, 0.5) is 0 Å². The fourth-order valence-electron chi connectivity index (χ4n) is 1.53. The molecular formula is C11H24ClN2O5P. The van der Waals surface area contributed by atoms with Crippen molar-refractivity contribution in [2.75, 3.05) is 19.8 Å². The zero-order valence-electron chi connectivity index (χ0n) is 12.0. The Morgan fingerprint density at radius 2 is 1.95 bits per heavy atom. The highest BCUT2D eigenvalue weighted by Crippen LogP contribution is 2.47. The van der Waals surface area contributed by atoms with Gasteiger partial charge in [0.2, 0.25) is 13.3 Å². The first-order chi connectivity index (χ1) is 8.72. The van der Waals surface area contributed by atoms with Gasteiger partial charge in [-0.3, -0.25) is 14.2 Å². The summed E-state index contributed by atoms with van der Waals surface area (Å²) in [4.78, 5) is 32.3. The van der Waals surface area contributed by atoms with E-state index in [4.69, 9.17) is 5.73 Å². The van der Waals surface area contributed by atoms with E-state index in [1.165, 1.54) is 7.11 Å². The molecule has 0 radical (unpaired) electrons. The van der Waals surface area contributed by atoms with Crippen LogP contribution >= 0.6 is 19.8 Å². The maximum absolute atomic E-state index is 12.2. The molecule has 4 N–H and O–H groups in total. The Hall–Kier alpha value is -0.620. The number of carbonyl (C=O) groups is 2. The first-order valence-corrected chi connectivity index (χ1v) is 8.02. The topological polar surface area (TPSA) is 119 Å². The minimum absolute atomic E-state index is 0. The van der Waals surface area contributed by atoms with Gasteiger partial charge in [-0.1, -0.05) is 13.8 Å². The van der Waals surface area contributed by atoms with Gasteiger partial charge in [-0.2, -0.15) is 0 Å². The lowest BCUT2D eigenvalue weighted by molar-refractivity contribution is -0.140. The fourth-order valence-corrected chi connectivity index (χ4v) is 3.44. The average molecular weight is 331 g/mol. The van der Waals surface area contributed by atoms with Crippen molar-refractivity contribution in [1.29, 1.82) is 0 Å². The first kappa shape index (κ1) is 21.7. The van der Waals surface area contributed by atoms with Crippen LogP contribution in [0.25, 0.3) is 0 Å². The molecule has 7 nitrogen and oxygen atoms in total. The minimum Gasteiger partial charge on any atom is -0.469 e. The van der Waals surface area contributed by atoms with Crippen LogP contribution < -0.4 is 11.1 Å². The SMILES string of the molecule is COC(=O)CCP(=O)(O)C(CC(C)C)NC(=O)CN.Cl. The number of halogens is 1. The Labute approximate surface area is 125 Å². The molecule has 0 saturated heterocycles. The molecule has 120 valence electrons. The number of amides is 1. The largest absolute Gasteiger partial charge is 0.469 e. The van der Waals surface area contributed by atoms with Gasteiger partial charge in [0.15, 0.2) is 0 Å². The molecule has 0 heterocycles. The van der Waals surface area contributed by atoms with Crippen molar-refractivity contribution >= 4 is 31.7 Å². The summed E-state index contributed by atoms with van der Waals surface area (Å²) in [5.74, 6) is -1.80. The van der Waals surface area contributed by atoms with Crippen LogP contribution in [0.1, 0.15) is 26.7 Å². The molecule has 0 aliphatic heterocycles. The van der Waals surface area contributed by atoms with Gasteiger partial charge in [-0.25, -0.2) is 0 Å². The lowest BCUT2D eigenvalue weighted by atomic mass is 10.1. The molecule has 0 spiro atoms. The van der Waals surface area contributed by atoms with E-state index < -0.39 is 25.0 Å². The Bertz CT molecular complexity index is 365. The average Bonchev–Trinajstić information content (AvgIpc) is 2.34. The Morgan fingerprint density at radius 3 is 2.35 bits per heavy atom. The highest BCUT2D eigenvalue weighted by atomic mass is 35.5. The van der Waals surface area contributed by atoms with E-state index in [0.29, 0.717) is 6.42 Å². The molecule has 0 aliphatic carbocycles. The van der Waals surface area contributed by atoms with E-state index in [1.807, 2.05) is 13.8 Å². The number of esters is 1. The van der Waals surface area contributed by atoms with Crippen LogP contribution in [0.5, 0.6) is 0 Å². The molecule has 0 aromatic rings. The number of nitrogens with one attached hydrogen (secondary N) is 1. The van der Waals surface area contributed by atoms with E-state index in [2.05, 4.69) is 10.1 Å². The van der Waals surface area contributed by atoms with Crippen LogP contribution in [-0.4, -0.2) is 42.4 Å². The normalized spacial score (nSPS) is 14.9. The van der Waals surface area contributed by atoms with Crippen molar-refractivity contribution in [3.05, 3.63) is 0 Å². The molecule has 1 amide bonds. The third kappa shape index (κ3) is 8.53. The van der Waals surface area contributed by atoms with Crippen LogP contribution in [0, 0.1) is 5.92 Å². The minimum atomic E-state index is -3.68. The van der Waals surface area contributed by atoms with E-state index in [0.717, 1.165) is 0 Å². The van der Waals surface area contributed by atoms with Gasteiger partial charge < -0.3 is 20.7 Å². The van der Waals surface area contributed by atoms with E-state index >= 15 is 0 Å².